The number of nitrogens with two attached hydrogens (primary N) is 1. The van der Waals surface area contributed by atoms with Crippen molar-refractivity contribution in [1.29, 1.82) is 0 Å². The smallest absolute Gasteiger partial charge is 0.419 e. The maximum Gasteiger partial charge on any atom is 0.419 e. The van der Waals surface area contributed by atoms with Crippen LogP contribution in [0.15, 0.2) is 36.4 Å². The van der Waals surface area contributed by atoms with E-state index in [0.29, 0.717) is 24.3 Å². The molecule has 1 atom stereocenters. The minimum atomic E-state index is -4.65. The van der Waals surface area contributed by atoms with Gasteiger partial charge in [0.1, 0.15) is 33.1 Å². The topological polar surface area (TPSA) is 90.5 Å². The van der Waals surface area contributed by atoms with Gasteiger partial charge < -0.3 is 20.3 Å². The molecule has 0 radical (unpaired) electrons. The minimum absolute atomic E-state index is 0.0437. The van der Waals surface area contributed by atoms with E-state index in [-0.39, 0.29) is 35.3 Å². The van der Waals surface area contributed by atoms with E-state index in [1.54, 1.807) is 6.92 Å². The molecular weight excluding hydrogens is 493 g/mol. The Kier molecular flexibility index (Phi) is 8.62. The number of aliphatic hydroxyl groups is 1. The number of hydrogen-bond acceptors (Lipinski definition) is 7. The number of aromatic nitrogens is 2. The lowest BCUT2D eigenvalue weighted by molar-refractivity contribution is -0.138. The summed E-state index contributed by atoms with van der Waals surface area (Å²) in [5.41, 5.74) is 4.02. The van der Waals surface area contributed by atoms with Gasteiger partial charge in [-0.05, 0) is 44.4 Å². The molecule has 190 valence electrons. The fourth-order valence-corrected chi connectivity index (χ4v) is 3.90. The van der Waals surface area contributed by atoms with E-state index in [1.165, 1.54) is 12.1 Å². The standard InChI is InChI=1S/C23H24F5N3O3S/c1-22(29,13-32)21-31-30-20(35-21)14-5-6-19(18(9-14)23(26,27)28)34-8-4-2-3-7-33-17-11-15(24)10-16(25)12-17/h5-6,9-12,32H,2-4,7-8,13,29H2,1H3. The number of rotatable bonds is 11. The first-order chi connectivity index (χ1) is 16.5. The van der Waals surface area contributed by atoms with Gasteiger partial charge in [0.2, 0.25) is 0 Å². The first-order valence-corrected chi connectivity index (χ1v) is 11.5. The minimum Gasteiger partial charge on any atom is -0.493 e. The van der Waals surface area contributed by atoms with Gasteiger partial charge in [-0.25, -0.2) is 8.78 Å². The van der Waals surface area contributed by atoms with Gasteiger partial charge in [0, 0.05) is 23.8 Å². The Labute approximate surface area is 202 Å². The summed E-state index contributed by atoms with van der Waals surface area (Å²) in [7, 11) is 0. The van der Waals surface area contributed by atoms with Gasteiger partial charge in [0.15, 0.2) is 0 Å². The molecule has 2 aromatic carbocycles. The van der Waals surface area contributed by atoms with Crippen molar-refractivity contribution in [3.8, 4) is 22.1 Å². The number of hydrogen-bond donors (Lipinski definition) is 2. The number of aliphatic hydroxyl groups excluding tert-OH is 1. The van der Waals surface area contributed by atoms with E-state index in [4.69, 9.17) is 15.2 Å². The molecule has 0 amide bonds. The van der Waals surface area contributed by atoms with Crippen LogP contribution in [0.5, 0.6) is 11.5 Å². The molecule has 1 heterocycles. The number of benzene rings is 2. The van der Waals surface area contributed by atoms with Gasteiger partial charge >= 0.3 is 6.18 Å². The Morgan fingerprint density at radius 3 is 2.23 bits per heavy atom. The summed E-state index contributed by atoms with van der Waals surface area (Å²) in [5.74, 6) is -1.72. The molecule has 0 aliphatic carbocycles. The molecule has 0 spiro atoms. The van der Waals surface area contributed by atoms with Crippen LogP contribution in [0.2, 0.25) is 0 Å². The van der Waals surface area contributed by atoms with Crippen LogP contribution in [-0.4, -0.2) is 35.1 Å². The van der Waals surface area contributed by atoms with Crippen LogP contribution in [-0.2, 0) is 11.7 Å². The highest BCUT2D eigenvalue weighted by molar-refractivity contribution is 7.14. The van der Waals surface area contributed by atoms with Crippen molar-refractivity contribution in [3.63, 3.8) is 0 Å². The highest BCUT2D eigenvalue weighted by atomic mass is 32.1. The second-order valence-electron chi connectivity index (χ2n) is 8.06. The fourth-order valence-electron chi connectivity index (χ4n) is 3.01. The second-order valence-corrected chi connectivity index (χ2v) is 9.04. The monoisotopic (exact) mass is 517 g/mol. The van der Waals surface area contributed by atoms with E-state index in [0.717, 1.165) is 35.6 Å². The van der Waals surface area contributed by atoms with Crippen LogP contribution in [0, 0.1) is 11.6 Å². The molecule has 0 saturated carbocycles. The van der Waals surface area contributed by atoms with Gasteiger partial charge in [-0.15, -0.1) is 10.2 Å². The van der Waals surface area contributed by atoms with Crippen LogP contribution in [0.1, 0.15) is 36.8 Å². The molecule has 1 unspecified atom stereocenters. The predicted molar refractivity (Wildman–Crippen MR) is 120 cm³/mol. The Balaban J connectivity index is 1.55. The molecule has 0 fully saturated rings. The van der Waals surface area contributed by atoms with Gasteiger partial charge in [-0.3, -0.25) is 0 Å². The van der Waals surface area contributed by atoms with Crippen molar-refractivity contribution in [2.75, 3.05) is 19.8 Å². The third-order valence-corrected chi connectivity index (χ3v) is 6.18. The molecule has 1 aromatic heterocycles. The quantitative estimate of drug-likeness (QED) is 0.265. The van der Waals surface area contributed by atoms with Crippen molar-refractivity contribution in [2.24, 2.45) is 5.73 Å². The van der Waals surface area contributed by atoms with Gasteiger partial charge in [-0.1, -0.05) is 11.3 Å². The van der Waals surface area contributed by atoms with Crippen LogP contribution in [0.3, 0.4) is 0 Å². The zero-order valence-corrected chi connectivity index (χ0v) is 19.6. The summed E-state index contributed by atoms with van der Waals surface area (Å²) in [6.07, 6.45) is -3.09. The van der Waals surface area contributed by atoms with Gasteiger partial charge in [0.05, 0.1) is 30.9 Å². The average Bonchev–Trinajstić information content (AvgIpc) is 3.28. The second kappa shape index (κ2) is 11.3. The molecule has 35 heavy (non-hydrogen) atoms. The largest absolute Gasteiger partial charge is 0.493 e. The van der Waals surface area contributed by atoms with Crippen molar-refractivity contribution >= 4 is 11.3 Å². The Bertz CT molecular complexity index is 1120. The zero-order valence-electron chi connectivity index (χ0n) is 18.7. The molecule has 3 rings (SSSR count). The molecule has 3 N–H and O–H groups in total. The molecule has 3 aromatic rings. The Morgan fingerprint density at radius 2 is 1.60 bits per heavy atom. The summed E-state index contributed by atoms with van der Waals surface area (Å²) in [5, 5.41) is 17.7. The third kappa shape index (κ3) is 7.33. The number of alkyl halides is 3. The molecule has 12 heteroatoms. The lowest BCUT2D eigenvalue weighted by Gasteiger charge is -2.17. The molecule has 6 nitrogen and oxygen atoms in total. The van der Waals surface area contributed by atoms with Crippen LogP contribution in [0.4, 0.5) is 22.0 Å². The van der Waals surface area contributed by atoms with Crippen molar-refractivity contribution < 1.29 is 36.5 Å². The molecule has 0 aliphatic heterocycles. The van der Waals surface area contributed by atoms with E-state index in [1.807, 2.05) is 0 Å². The summed E-state index contributed by atoms with van der Waals surface area (Å²) in [6, 6.07) is 6.50. The highest BCUT2D eigenvalue weighted by Crippen LogP contribution is 2.40. The third-order valence-electron chi connectivity index (χ3n) is 4.92. The summed E-state index contributed by atoms with van der Waals surface area (Å²) < 4.78 is 77.9. The number of halogens is 5. The Hall–Kier alpha value is -2.83. The lowest BCUT2D eigenvalue weighted by Crippen LogP contribution is -2.36. The zero-order chi connectivity index (χ0) is 25.6. The number of ether oxygens (including phenoxy) is 2. The van der Waals surface area contributed by atoms with E-state index < -0.39 is 35.5 Å². The molecule has 0 bridgehead atoms. The number of nitrogens with zero attached hydrogens (tertiary/aromatic N) is 2. The molecule has 0 aliphatic rings. The van der Waals surface area contributed by atoms with Crippen LogP contribution in [0.25, 0.3) is 10.6 Å². The molecular formula is C23H24F5N3O3S. The Morgan fingerprint density at radius 1 is 0.943 bits per heavy atom. The van der Waals surface area contributed by atoms with E-state index in [9.17, 15) is 27.1 Å². The van der Waals surface area contributed by atoms with Crippen molar-refractivity contribution in [2.45, 2.75) is 37.9 Å². The van der Waals surface area contributed by atoms with Gasteiger partial charge in [0.25, 0.3) is 0 Å². The first kappa shape index (κ1) is 26.8. The fraction of sp³-hybridized carbons (Fsp3) is 0.391. The van der Waals surface area contributed by atoms with Crippen molar-refractivity contribution in [1.82, 2.24) is 10.2 Å². The van der Waals surface area contributed by atoms with Crippen LogP contribution < -0.4 is 15.2 Å². The van der Waals surface area contributed by atoms with Gasteiger partial charge in [-0.2, -0.15) is 13.2 Å². The van der Waals surface area contributed by atoms with E-state index in [2.05, 4.69) is 10.2 Å². The number of unbranched alkanes of at least 4 members (excludes halogenated alkanes) is 2. The first-order valence-electron chi connectivity index (χ1n) is 10.7. The maximum atomic E-state index is 13.7. The van der Waals surface area contributed by atoms with E-state index >= 15 is 0 Å². The SMILES string of the molecule is CC(N)(CO)c1nnc(-c2ccc(OCCCCCOc3cc(F)cc(F)c3)c(C(F)(F)F)c2)s1. The highest BCUT2D eigenvalue weighted by Gasteiger charge is 2.35. The maximum absolute atomic E-state index is 13.7. The molecule has 0 saturated heterocycles. The summed E-state index contributed by atoms with van der Waals surface area (Å²) >= 11 is 1.00. The van der Waals surface area contributed by atoms with Crippen molar-refractivity contribution in [3.05, 3.63) is 58.6 Å². The normalized spacial score (nSPS) is 13.5. The summed E-state index contributed by atoms with van der Waals surface area (Å²) in [6.45, 7) is 1.40. The summed E-state index contributed by atoms with van der Waals surface area (Å²) in [4.78, 5) is 0. The average molecular weight is 518 g/mol. The predicted octanol–water partition coefficient (Wildman–Crippen LogP) is 5.30. The van der Waals surface area contributed by atoms with Crippen LogP contribution >= 0.6 is 11.3 Å². The lowest BCUT2D eigenvalue weighted by atomic mass is 10.1.